The molecule has 3 aliphatic heterocycles. The molecule has 2 saturated heterocycles. The molecule has 0 radical (unpaired) electrons. The van der Waals surface area contributed by atoms with Crippen LogP contribution in [0.1, 0.15) is 6.92 Å². The van der Waals surface area contributed by atoms with Crippen LogP contribution in [-0.2, 0) is 19.1 Å². The van der Waals surface area contributed by atoms with Crippen molar-refractivity contribution in [3.63, 3.8) is 0 Å². The van der Waals surface area contributed by atoms with Crippen LogP contribution >= 0.6 is 0 Å². The van der Waals surface area contributed by atoms with Crippen LogP contribution in [0, 0.1) is 11.8 Å². The highest BCUT2D eigenvalue weighted by Crippen LogP contribution is 2.53. The molecule has 2 N–H and O–H groups in total. The van der Waals surface area contributed by atoms with Gasteiger partial charge in [-0.15, -0.1) is 0 Å². The number of nitrogens with zero attached hydrogens (tertiary/aromatic N) is 1. The maximum absolute atomic E-state index is 13.5. The fourth-order valence-electron chi connectivity index (χ4n) is 5.08. The molecule has 4 atom stereocenters. The molecule has 0 aliphatic carbocycles. The summed E-state index contributed by atoms with van der Waals surface area (Å²) in [5, 5.41) is 5.62. The highest BCUT2D eigenvalue weighted by atomic mass is 16.5. The number of hydrogen-bond acceptors (Lipinski definition) is 6. The molecule has 2 aromatic rings. The second kappa shape index (κ2) is 8.18. The van der Waals surface area contributed by atoms with Gasteiger partial charge in [0, 0.05) is 30.1 Å². The number of methoxy groups -OCH3 is 2. The van der Waals surface area contributed by atoms with Crippen molar-refractivity contribution < 1.29 is 28.6 Å². The number of rotatable bonds is 6. The largest absolute Gasteiger partial charge is 0.493 e. The third-order valence-corrected chi connectivity index (χ3v) is 6.55. The van der Waals surface area contributed by atoms with E-state index in [-0.39, 0.29) is 17.7 Å². The molecule has 3 aliphatic rings. The molecule has 34 heavy (non-hydrogen) atoms. The smallest absolute Gasteiger partial charge is 0.234 e. The molecule has 2 aromatic carbocycles. The second-order valence-corrected chi connectivity index (χ2v) is 8.61. The second-order valence-electron chi connectivity index (χ2n) is 8.61. The molecule has 2 bridgehead atoms. The normalized spacial score (nSPS) is 26.4. The average molecular weight is 463 g/mol. The molecular weight excluding hydrogens is 438 g/mol. The van der Waals surface area contributed by atoms with Gasteiger partial charge >= 0.3 is 0 Å². The zero-order valence-electron chi connectivity index (χ0n) is 19.0. The van der Waals surface area contributed by atoms with E-state index >= 15 is 0 Å². The SMILES string of the molecule is COc1ccc(NC(=O)[C@H]2[C@@H]3C=C[C@]4(CN(c5ccc(NC(C)=O)cc5)C(=O)[C@H]24)O3)cc1OC. The minimum atomic E-state index is -0.836. The average Bonchev–Trinajstić information content (AvgIpc) is 3.47. The van der Waals surface area contributed by atoms with Crippen molar-refractivity contribution in [1.82, 2.24) is 0 Å². The fourth-order valence-corrected chi connectivity index (χ4v) is 5.08. The Kier molecular flexibility index (Phi) is 5.28. The summed E-state index contributed by atoms with van der Waals surface area (Å²) in [6.45, 7) is 1.76. The molecule has 9 heteroatoms. The molecule has 9 nitrogen and oxygen atoms in total. The Morgan fingerprint density at radius 1 is 1.03 bits per heavy atom. The van der Waals surface area contributed by atoms with E-state index in [1.54, 1.807) is 54.5 Å². The first kappa shape index (κ1) is 22.0. The molecule has 0 unspecified atom stereocenters. The van der Waals surface area contributed by atoms with Crippen LogP contribution in [0.5, 0.6) is 11.5 Å². The van der Waals surface area contributed by atoms with Gasteiger partial charge in [0.1, 0.15) is 5.60 Å². The van der Waals surface area contributed by atoms with Crippen LogP contribution in [0.4, 0.5) is 17.1 Å². The standard InChI is InChI=1S/C25H25N3O6/c1-14(29)26-15-4-7-17(8-5-15)28-13-25-11-10-19(34-25)21(22(25)24(28)31)23(30)27-16-6-9-18(32-2)20(12-16)33-3/h4-12,19,21-22H,13H2,1-3H3,(H,26,29)(H,27,30)/t19-,21-,22-,25+/m0/s1. The van der Waals surface area contributed by atoms with Gasteiger partial charge in [-0.2, -0.15) is 0 Å². The third kappa shape index (κ3) is 3.49. The third-order valence-electron chi connectivity index (χ3n) is 6.55. The summed E-state index contributed by atoms with van der Waals surface area (Å²) in [5.41, 5.74) is 1.03. The minimum absolute atomic E-state index is 0.161. The molecule has 3 amide bonds. The topological polar surface area (TPSA) is 106 Å². The van der Waals surface area contributed by atoms with Gasteiger partial charge in [-0.25, -0.2) is 0 Å². The zero-order chi connectivity index (χ0) is 24.0. The Hall–Kier alpha value is -3.85. The van der Waals surface area contributed by atoms with E-state index in [0.29, 0.717) is 35.1 Å². The van der Waals surface area contributed by atoms with Crippen LogP contribution in [-0.4, -0.2) is 50.2 Å². The molecule has 176 valence electrons. The van der Waals surface area contributed by atoms with E-state index in [2.05, 4.69) is 10.6 Å². The van der Waals surface area contributed by atoms with Gasteiger partial charge in [-0.3, -0.25) is 14.4 Å². The van der Waals surface area contributed by atoms with Crippen molar-refractivity contribution >= 4 is 34.8 Å². The van der Waals surface area contributed by atoms with Crippen molar-refractivity contribution in [1.29, 1.82) is 0 Å². The zero-order valence-corrected chi connectivity index (χ0v) is 19.0. The van der Waals surface area contributed by atoms with Gasteiger partial charge in [-0.1, -0.05) is 12.2 Å². The van der Waals surface area contributed by atoms with Crippen molar-refractivity contribution in [2.24, 2.45) is 11.8 Å². The lowest BCUT2D eigenvalue weighted by Crippen LogP contribution is -2.41. The molecule has 3 heterocycles. The maximum Gasteiger partial charge on any atom is 0.234 e. The fraction of sp³-hybridized carbons (Fsp3) is 0.320. The highest BCUT2D eigenvalue weighted by Gasteiger charge is 2.67. The van der Waals surface area contributed by atoms with E-state index in [1.807, 2.05) is 12.2 Å². The van der Waals surface area contributed by atoms with Gasteiger partial charge < -0.3 is 29.7 Å². The summed E-state index contributed by atoms with van der Waals surface area (Å²) in [6, 6.07) is 12.1. The molecule has 0 aromatic heterocycles. The van der Waals surface area contributed by atoms with Gasteiger partial charge in [0.05, 0.1) is 38.7 Å². The number of fused-ring (bicyclic) bond motifs is 1. The molecule has 0 saturated carbocycles. The van der Waals surface area contributed by atoms with Crippen LogP contribution in [0.2, 0.25) is 0 Å². The Morgan fingerprint density at radius 2 is 1.74 bits per heavy atom. The summed E-state index contributed by atoms with van der Waals surface area (Å²) >= 11 is 0. The maximum atomic E-state index is 13.5. The van der Waals surface area contributed by atoms with Gasteiger partial charge in [0.2, 0.25) is 17.7 Å². The molecule has 1 spiro atoms. The van der Waals surface area contributed by atoms with E-state index in [9.17, 15) is 14.4 Å². The van der Waals surface area contributed by atoms with Crippen LogP contribution in [0.25, 0.3) is 0 Å². The van der Waals surface area contributed by atoms with Crippen molar-refractivity contribution in [2.45, 2.75) is 18.6 Å². The van der Waals surface area contributed by atoms with Gasteiger partial charge in [-0.05, 0) is 36.4 Å². The number of carbonyl (C=O) groups is 3. The summed E-state index contributed by atoms with van der Waals surface area (Å²) in [6.07, 6.45) is 3.32. The number of amides is 3. The van der Waals surface area contributed by atoms with E-state index in [4.69, 9.17) is 14.2 Å². The number of hydrogen-bond donors (Lipinski definition) is 2. The Balaban J connectivity index is 1.37. The summed E-state index contributed by atoms with van der Waals surface area (Å²) in [4.78, 5) is 39.8. The summed E-state index contributed by atoms with van der Waals surface area (Å²) in [7, 11) is 3.07. The van der Waals surface area contributed by atoms with E-state index < -0.39 is 23.5 Å². The van der Waals surface area contributed by atoms with Crippen LogP contribution < -0.4 is 25.0 Å². The summed E-state index contributed by atoms with van der Waals surface area (Å²) < 4.78 is 16.8. The quantitative estimate of drug-likeness (QED) is 0.638. The predicted octanol–water partition coefficient (Wildman–Crippen LogP) is 2.59. The molecular formula is C25H25N3O6. The summed E-state index contributed by atoms with van der Waals surface area (Å²) in [5.74, 6) is -0.857. The number of nitrogens with one attached hydrogen (secondary N) is 2. The number of anilines is 3. The lowest BCUT2D eigenvalue weighted by atomic mass is 9.77. The predicted molar refractivity (Wildman–Crippen MR) is 125 cm³/mol. The number of carbonyl (C=O) groups excluding carboxylic acids is 3. The van der Waals surface area contributed by atoms with Crippen LogP contribution in [0.3, 0.4) is 0 Å². The van der Waals surface area contributed by atoms with E-state index in [1.165, 1.54) is 14.0 Å². The van der Waals surface area contributed by atoms with Gasteiger partial charge in [0.15, 0.2) is 11.5 Å². The first-order chi connectivity index (χ1) is 16.3. The van der Waals surface area contributed by atoms with Crippen molar-refractivity contribution in [2.75, 3.05) is 36.3 Å². The lowest BCUT2D eigenvalue weighted by molar-refractivity contribution is -0.128. The highest BCUT2D eigenvalue weighted by molar-refractivity contribution is 6.05. The molecule has 2 fully saturated rings. The number of ether oxygens (including phenoxy) is 3. The minimum Gasteiger partial charge on any atom is -0.493 e. The Labute approximate surface area is 196 Å². The van der Waals surface area contributed by atoms with Gasteiger partial charge in [0.25, 0.3) is 0 Å². The lowest BCUT2D eigenvalue weighted by Gasteiger charge is -2.23. The number of benzene rings is 2. The Bertz CT molecular complexity index is 1190. The first-order valence-corrected chi connectivity index (χ1v) is 10.9. The van der Waals surface area contributed by atoms with E-state index in [0.717, 1.165) is 0 Å². The van der Waals surface area contributed by atoms with Crippen molar-refractivity contribution in [3.8, 4) is 11.5 Å². The molecule has 5 rings (SSSR count). The first-order valence-electron chi connectivity index (χ1n) is 10.9. The Morgan fingerprint density at radius 3 is 2.41 bits per heavy atom. The van der Waals surface area contributed by atoms with Crippen LogP contribution in [0.15, 0.2) is 54.6 Å². The van der Waals surface area contributed by atoms with Crippen molar-refractivity contribution in [3.05, 3.63) is 54.6 Å². The monoisotopic (exact) mass is 463 g/mol.